The van der Waals surface area contributed by atoms with Crippen LogP contribution in [-0.4, -0.2) is 34.4 Å². The highest BCUT2D eigenvalue weighted by Crippen LogP contribution is 2.32. The number of nitrogens with one attached hydrogen (secondary N) is 1. The number of ketones is 1. The molecule has 2 aromatic rings. The second-order valence-corrected chi connectivity index (χ2v) is 8.77. The van der Waals surface area contributed by atoms with Crippen molar-refractivity contribution in [3.8, 4) is 5.75 Å². The molecule has 1 heterocycles. The molecule has 1 aromatic heterocycles. The quantitative estimate of drug-likeness (QED) is 0.559. The Morgan fingerprint density at radius 3 is 2.64 bits per heavy atom. The lowest BCUT2D eigenvalue weighted by atomic mass is 9.96. The van der Waals surface area contributed by atoms with E-state index < -0.39 is 0 Å². The number of anilines is 1. The summed E-state index contributed by atoms with van der Waals surface area (Å²) in [5.41, 5.74) is 0.686. The fourth-order valence-corrected chi connectivity index (χ4v) is 4.98. The number of benzene rings is 1. The lowest BCUT2D eigenvalue weighted by Crippen LogP contribution is -2.21. The first-order valence-electron chi connectivity index (χ1n) is 8.60. The molecule has 0 spiro atoms. The highest BCUT2D eigenvalue weighted by molar-refractivity contribution is 8.02. The van der Waals surface area contributed by atoms with E-state index in [4.69, 9.17) is 4.74 Å². The topological polar surface area (TPSA) is 64.1 Å². The number of nitrogens with zero attached hydrogens (tertiary/aromatic N) is 2. The predicted molar refractivity (Wildman–Crippen MR) is 103 cm³/mol. The zero-order valence-electron chi connectivity index (χ0n) is 14.5. The largest absolute Gasteiger partial charge is 0.497 e. The summed E-state index contributed by atoms with van der Waals surface area (Å²) in [6.07, 6.45) is 6.31. The number of methoxy groups -OCH3 is 1. The molecule has 25 heavy (non-hydrogen) atoms. The number of Topliss-reactive ketones (excluding diaryl/α,β-unsaturated/α-hetero) is 1. The van der Waals surface area contributed by atoms with Crippen LogP contribution < -0.4 is 10.1 Å². The van der Waals surface area contributed by atoms with Crippen LogP contribution >= 0.6 is 23.1 Å². The molecule has 0 bridgehead atoms. The van der Waals surface area contributed by atoms with Crippen LogP contribution in [0.4, 0.5) is 5.13 Å². The first kappa shape index (κ1) is 18.2. The Morgan fingerprint density at radius 2 is 1.96 bits per heavy atom. The molecule has 1 aromatic carbocycles. The molecule has 0 aliphatic heterocycles. The maximum atomic E-state index is 12.6. The van der Waals surface area contributed by atoms with Gasteiger partial charge in [0.15, 0.2) is 10.1 Å². The molecule has 1 aliphatic rings. The van der Waals surface area contributed by atoms with Gasteiger partial charge in [0, 0.05) is 11.6 Å². The van der Waals surface area contributed by atoms with Gasteiger partial charge in [-0.2, -0.15) is 0 Å². The Kier molecular flexibility index (Phi) is 6.31. The molecule has 3 rings (SSSR count). The number of carbonyl (C=O) groups excluding carboxylic acids is 1. The van der Waals surface area contributed by atoms with E-state index in [0.717, 1.165) is 15.2 Å². The number of hydrogen-bond donors (Lipinski definition) is 1. The van der Waals surface area contributed by atoms with Gasteiger partial charge < -0.3 is 10.1 Å². The van der Waals surface area contributed by atoms with Gasteiger partial charge in [0.1, 0.15) is 5.75 Å². The minimum atomic E-state index is -0.205. The second kappa shape index (κ2) is 8.67. The summed E-state index contributed by atoms with van der Waals surface area (Å²) in [5, 5.41) is 12.6. The number of aromatic nitrogens is 2. The SMILES string of the molecule is COc1ccc(C(=O)C(C)Sc2nnc(NC3CCCCC3)s2)cc1. The maximum absolute atomic E-state index is 12.6. The summed E-state index contributed by atoms with van der Waals surface area (Å²) in [6, 6.07) is 7.73. The van der Waals surface area contributed by atoms with Crippen molar-refractivity contribution in [1.82, 2.24) is 10.2 Å². The molecule has 1 unspecified atom stereocenters. The van der Waals surface area contributed by atoms with Gasteiger partial charge in [-0.1, -0.05) is 42.4 Å². The highest BCUT2D eigenvalue weighted by Gasteiger charge is 2.20. The summed E-state index contributed by atoms with van der Waals surface area (Å²) in [4.78, 5) is 12.6. The third-order valence-electron chi connectivity index (χ3n) is 4.36. The summed E-state index contributed by atoms with van der Waals surface area (Å²) >= 11 is 2.99. The molecule has 0 amide bonds. The van der Waals surface area contributed by atoms with Gasteiger partial charge >= 0.3 is 0 Å². The Labute approximate surface area is 156 Å². The molecule has 1 aliphatic carbocycles. The molecule has 134 valence electrons. The van der Waals surface area contributed by atoms with E-state index in [1.54, 1.807) is 19.2 Å². The smallest absolute Gasteiger partial charge is 0.206 e. The summed E-state index contributed by atoms with van der Waals surface area (Å²) in [6.45, 7) is 1.91. The number of rotatable bonds is 7. The molecule has 1 N–H and O–H groups in total. The fraction of sp³-hybridized carbons (Fsp3) is 0.500. The zero-order chi connectivity index (χ0) is 17.6. The van der Waals surface area contributed by atoms with Crippen molar-refractivity contribution in [3.63, 3.8) is 0 Å². The normalized spacial score (nSPS) is 16.4. The van der Waals surface area contributed by atoms with Crippen molar-refractivity contribution < 1.29 is 9.53 Å². The second-order valence-electron chi connectivity index (χ2n) is 6.21. The third-order valence-corrected chi connectivity index (χ3v) is 6.40. The van der Waals surface area contributed by atoms with Crippen molar-refractivity contribution >= 4 is 34.0 Å². The van der Waals surface area contributed by atoms with Crippen molar-refractivity contribution in [2.24, 2.45) is 0 Å². The predicted octanol–water partition coefficient (Wildman–Crippen LogP) is 4.65. The van der Waals surface area contributed by atoms with Gasteiger partial charge in [-0.15, -0.1) is 10.2 Å². The Balaban J connectivity index is 1.56. The monoisotopic (exact) mass is 377 g/mol. The van der Waals surface area contributed by atoms with Crippen LogP contribution in [0.25, 0.3) is 0 Å². The molecular weight excluding hydrogens is 354 g/mol. The van der Waals surface area contributed by atoms with Gasteiger partial charge in [0.25, 0.3) is 0 Å². The van der Waals surface area contributed by atoms with Gasteiger partial charge in [0.2, 0.25) is 5.13 Å². The number of ether oxygens (including phenoxy) is 1. The average molecular weight is 378 g/mol. The first-order valence-corrected chi connectivity index (χ1v) is 10.3. The molecule has 0 radical (unpaired) electrons. The molecule has 7 heteroatoms. The van der Waals surface area contributed by atoms with Crippen molar-refractivity contribution in [1.29, 1.82) is 0 Å². The highest BCUT2D eigenvalue weighted by atomic mass is 32.2. The number of thioether (sulfide) groups is 1. The van der Waals surface area contributed by atoms with Crippen LogP contribution in [0.3, 0.4) is 0 Å². The van der Waals surface area contributed by atoms with E-state index in [9.17, 15) is 4.79 Å². The molecule has 5 nitrogen and oxygen atoms in total. The Bertz CT molecular complexity index is 697. The van der Waals surface area contributed by atoms with E-state index >= 15 is 0 Å². The first-order chi connectivity index (χ1) is 12.2. The van der Waals surface area contributed by atoms with Gasteiger partial charge in [-0.3, -0.25) is 4.79 Å². The zero-order valence-corrected chi connectivity index (χ0v) is 16.2. The van der Waals surface area contributed by atoms with Crippen molar-refractivity contribution in [3.05, 3.63) is 29.8 Å². The van der Waals surface area contributed by atoms with E-state index in [2.05, 4.69) is 15.5 Å². The van der Waals surface area contributed by atoms with Crippen LogP contribution in [0, 0.1) is 0 Å². The van der Waals surface area contributed by atoms with Gasteiger partial charge in [-0.05, 0) is 44.0 Å². The number of hydrogen-bond acceptors (Lipinski definition) is 7. The summed E-state index contributed by atoms with van der Waals surface area (Å²) in [5.74, 6) is 0.837. The minimum absolute atomic E-state index is 0.0876. The Morgan fingerprint density at radius 1 is 1.24 bits per heavy atom. The van der Waals surface area contributed by atoms with Crippen LogP contribution in [-0.2, 0) is 0 Å². The maximum Gasteiger partial charge on any atom is 0.206 e. The standard InChI is InChI=1S/C18H23N3O2S2/c1-12(16(22)13-8-10-15(23-2)11-9-13)24-18-21-20-17(25-18)19-14-6-4-3-5-7-14/h8-12,14H,3-7H2,1-2H3,(H,19,20). The lowest BCUT2D eigenvalue weighted by Gasteiger charge is -2.21. The average Bonchev–Trinajstić information content (AvgIpc) is 3.08. The van der Waals surface area contributed by atoms with E-state index in [0.29, 0.717) is 11.6 Å². The van der Waals surface area contributed by atoms with Crippen molar-refractivity contribution in [2.45, 2.75) is 54.7 Å². The molecule has 0 saturated heterocycles. The van der Waals surface area contributed by atoms with Crippen LogP contribution in [0.5, 0.6) is 5.75 Å². The van der Waals surface area contributed by atoms with Crippen molar-refractivity contribution in [2.75, 3.05) is 12.4 Å². The van der Waals surface area contributed by atoms with Crippen LogP contribution in [0.1, 0.15) is 49.4 Å². The van der Waals surface area contributed by atoms with Gasteiger partial charge in [0.05, 0.1) is 12.4 Å². The Hall–Kier alpha value is -1.60. The summed E-state index contributed by atoms with van der Waals surface area (Å²) in [7, 11) is 1.61. The molecule has 1 fully saturated rings. The van der Waals surface area contributed by atoms with E-state index in [1.165, 1.54) is 55.2 Å². The number of carbonyl (C=O) groups is 1. The van der Waals surface area contributed by atoms with Gasteiger partial charge in [-0.25, -0.2) is 0 Å². The van der Waals surface area contributed by atoms with E-state index in [1.807, 2.05) is 19.1 Å². The molecule has 1 atom stereocenters. The lowest BCUT2D eigenvalue weighted by molar-refractivity contribution is 0.0994. The fourth-order valence-electron chi connectivity index (χ4n) is 2.93. The van der Waals surface area contributed by atoms with E-state index in [-0.39, 0.29) is 11.0 Å². The van der Waals surface area contributed by atoms with Crippen LogP contribution in [0.2, 0.25) is 0 Å². The minimum Gasteiger partial charge on any atom is -0.497 e. The third kappa shape index (κ3) is 4.95. The van der Waals surface area contributed by atoms with Crippen LogP contribution in [0.15, 0.2) is 28.6 Å². The molecular formula is C18H23N3O2S2. The molecule has 1 saturated carbocycles. The summed E-state index contributed by atoms with van der Waals surface area (Å²) < 4.78 is 5.96.